The first-order chi connectivity index (χ1) is 15.0. The fourth-order valence-electron chi connectivity index (χ4n) is 3.68. The molecule has 0 spiro atoms. The maximum absolute atomic E-state index is 6.27. The number of hydrogen-bond acceptors (Lipinski definition) is 3. The molecule has 8 heteroatoms. The summed E-state index contributed by atoms with van der Waals surface area (Å²) in [4.78, 5) is 4.70. The summed E-state index contributed by atoms with van der Waals surface area (Å²) in [5.41, 5.74) is 4.58. The molecule has 1 saturated heterocycles. The zero-order valence-corrected chi connectivity index (χ0v) is 19.7. The van der Waals surface area contributed by atoms with Gasteiger partial charge in [-0.1, -0.05) is 53.5 Å². The van der Waals surface area contributed by atoms with Crippen LogP contribution >= 0.6 is 35.4 Å². The van der Waals surface area contributed by atoms with Crippen molar-refractivity contribution in [3.8, 4) is 0 Å². The topological polar surface area (TPSA) is 36.3 Å². The number of halogens is 2. The van der Waals surface area contributed by atoms with E-state index in [2.05, 4.69) is 51.4 Å². The van der Waals surface area contributed by atoms with Gasteiger partial charge in [0.1, 0.15) is 0 Å². The molecule has 0 radical (unpaired) electrons. The van der Waals surface area contributed by atoms with Gasteiger partial charge in [0, 0.05) is 49.0 Å². The van der Waals surface area contributed by atoms with E-state index in [-0.39, 0.29) is 0 Å². The molecule has 0 unspecified atom stereocenters. The Hall–Kier alpha value is -2.12. The number of nitrogens with zero attached hydrogens (tertiary/aromatic N) is 4. The van der Waals surface area contributed by atoms with Crippen LogP contribution in [0, 0.1) is 6.92 Å². The average molecular weight is 474 g/mol. The van der Waals surface area contributed by atoms with Gasteiger partial charge in [0.15, 0.2) is 5.11 Å². The van der Waals surface area contributed by atoms with E-state index >= 15 is 0 Å². The van der Waals surface area contributed by atoms with E-state index < -0.39 is 0 Å². The van der Waals surface area contributed by atoms with Gasteiger partial charge in [0.2, 0.25) is 0 Å². The maximum Gasteiger partial charge on any atom is 0.173 e. The summed E-state index contributed by atoms with van der Waals surface area (Å²) in [5, 5.41) is 9.73. The molecular weight excluding hydrogens is 449 g/mol. The third-order valence-electron chi connectivity index (χ3n) is 5.55. The van der Waals surface area contributed by atoms with Crippen molar-refractivity contribution < 1.29 is 0 Å². The lowest BCUT2D eigenvalue weighted by Crippen LogP contribution is -2.49. The van der Waals surface area contributed by atoms with Crippen LogP contribution in [0.1, 0.15) is 16.7 Å². The highest BCUT2D eigenvalue weighted by Crippen LogP contribution is 2.22. The normalized spacial score (nSPS) is 14.6. The Balaban J connectivity index is 1.28. The van der Waals surface area contributed by atoms with Gasteiger partial charge >= 0.3 is 0 Å². The molecule has 0 atom stereocenters. The first-order valence-electron chi connectivity index (χ1n) is 10.3. The Morgan fingerprint density at radius 1 is 1.03 bits per heavy atom. The van der Waals surface area contributed by atoms with Gasteiger partial charge in [-0.25, -0.2) is 0 Å². The molecule has 162 valence electrons. The molecule has 0 amide bonds. The third kappa shape index (κ3) is 5.77. The number of thiocarbonyl (C=S) groups is 1. The minimum absolute atomic E-state index is 0.571. The monoisotopic (exact) mass is 473 g/mol. The predicted octanol–water partition coefficient (Wildman–Crippen LogP) is 5.06. The molecule has 2 heterocycles. The largest absolute Gasteiger partial charge is 0.346 e. The van der Waals surface area contributed by atoms with Crippen LogP contribution in [0.2, 0.25) is 10.0 Å². The van der Waals surface area contributed by atoms with Gasteiger partial charge in [-0.2, -0.15) is 5.10 Å². The Morgan fingerprint density at radius 2 is 1.81 bits per heavy atom. The highest BCUT2D eigenvalue weighted by atomic mass is 35.5. The number of nitrogens with one attached hydrogen (secondary N) is 1. The fourth-order valence-corrected chi connectivity index (χ4v) is 4.45. The van der Waals surface area contributed by atoms with Gasteiger partial charge in [0.25, 0.3) is 0 Å². The molecule has 1 aliphatic rings. The molecular formula is C23H25Cl2N5S. The molecule has 1 aromatic heterocycles. The summed E-state index contributed by atoms with van der Waals surface area (Å²) < 4.78 is 1.83. The number of anilines is 1. The van der Waals surface area contributed by atoms with Crippen LogP contribution in [0.4, 0.5) is 5.69 Å². The lowest BCUT2D eigenvalue weighted by atomic mass is 10.1. The quantitative estimate of drug-likeness (QED) is 0.523. The molecule has 1 fully saturated rings. The second kappa shape index (κ2) is 10.0. The first kappa shape index (κ1) is 22.1. The van der Waals surface area contributed by atoms with Crippen molar-refractivity contribution in [1.82, 2.24) is 19.6 Å². The lowest BCUT2D eigenvalue weighted by molar-refractivity contribution is 0.176. The Labute approximate surface area is 198 Å². The van der Waals surface area contributed by atoms with Gasteiger partial charge in [-0.15, -0.1) is 0 Å². The van der Waals surface area contributed by atoms with Crippen LogP contribution in [0.3, 0.4) is 0 Å². The molecule has 2 aromatic carbocycles. The number of aryl methyl sites for hydroxylation is 1. The molecule has 1 N–H and O–H groups in total. The van der Waals surface area contributed by atoms with Crippen LogP contribution in [-0.2, 0) is 13.1 Å². The molecule has 3 aromatic rings. The minimum atomic E-state index is 0.571. The molecule has 31 heavy (non-hydrogen) atoms. The maximum atomic E-state index is 6.27. The summed E-state index contributed by atoms with van der Waals surface area (Å²) in [6, 6.07) is 14.1. The van der Waals surface area contributed by atoms with E-state index in [9.17, 15) is 0 Å². The summed E-state index contributed by atoms with van der Waals surface area (Å²) in [5.74, 6) is 0. The zero-order valence-electron chi connectivity index (χ0n) is 17.4. The van der Waals surface area contributed by atoms with Crippen molar-refractivity contribution in [2.75, 3.05) is 31.5 Å². The van der Waals surface area contributed by atoms with E-state index in [1.54, 1.807) is 12.3 Å². The van der Waals surface area contributed by atoms with E-state index in [0.29, 0.717) is 16.6 Å². The zero-order chi connectivity index (χ0) is 21.8. The lowest BCUT2D eigenvalue weighted by Gasteiger charge is -2.36. The number of aromatic nitrogens is 2. The van der Waals surface area contributed by atoms with E-state index in [4.69, 9.17) is 35.4 Å². The summed E-state index contributed by atoms with van der Waals surface area (Å²) >= 11 is 17.9. The SMILES string of the molecule is Cc1ccccc1CN1CCN(C(=S)Nc2cnn(Cc3ccc(Cl)cc3Cl)c2)CC1. The van der Waals surface area contributed by atoms with Crippen LogP contribution < -0.4 is 5.32 Å². The van der Waals surface area contributed by atoms with E-state index in [1.165, 1.54) is 11.1 Å². The van der Waals surface area contributed by atoms with E-state index in [0.717, 1.165) is 49.1 Å². The summed E-state index contributed by atoms with van der Waals surface area (Å²) in [6.45, 7) is 7.53. The number of hydrogen-bond donors (Lipinski definition) is 1. The Bertz CT molecular complexity index is 1060. The van der Waals surface area contributed by atoms with Crippen molar-refractivity contribution in [2.45, 2.75) is 20.0 Å². The van der Waals surface area contributed by atoms with Crippen LogP contribution in [0.25, 0.3) is 0 Å². The molecule has 1 aliphatic heterocycles. The number of rotatable bonds is 5. The minimum Gasteiger partial charge on any atom is -0.346 e. The van der Waals surface area contributed by atoms with Gasteiger partial charge in [-0.3, -0.25) is 9.58 Å². The van der Waals surface area contributed by atoms with Crippen molar-refractivity contribution in [2.24, 2.45) is 0 Å². The Kier molecular flexibility index (Phi) is 7.13. The predicted molar refractivity (Wildman–Crippen MR) is 132 cm³/mol. The molecule has 0 saturated carbocycles. The van der Waals surface area contributed by atoms with Gasteiger partial charge in [-0.05, 0) is 48.0 Å². The number of piperazine rings is 1. The van der Waals surface area contributed by atoms with E-state index in [1.807, 2.05) is 23.0 Å². The Morgan fingerprint density at radius 3 is 2.55 bits per heavy atom. The number of benzene rings is 2. The third-order valence-corrected chi connectivity index (χ3v) is 6.49. The second-order valence-electron chi connectivity index (χ2n) is 7.78. The molecule has 0 aliphatic carbocycles. The molecule has 0 bridgehead atoms. The summed E-state index contributed by atoms with van der Waals surface area (Å²) in [7, 11) is 0. The fraction of sp³-hybridized carbons (Fsp3) is 0.304. The van der Waals surface area contributed by atoms with Crippen molar-refractivity contribution in [3.05, 3.63) is 81.6 Å². The van der Waals surface area contributed by atoms with Crippen LogP contribution in [0.15, 0.2) is 54.9 Å². The van der Waals surface area contributed by atoms with Gasteiger partial charge in [0.05, 0.1) is 18.4 Å². The van der Waals surface area contributed by atoms with Crippen LogP contribution in [-0.4, -0.2) is 50.9 Å². The standard InChI is InChI=1S/C23H25Cl2N5S/c1-17-4-2-3-5-18(17)14-28-8-10-29(11-9-28)23(31)27-21-13-26-30(16-21)15-19-6-7-20(24)12-22(19)25/h2-7,12-13,16H,8-11,14-15H2,1H3,(H,27,31). The first-order valence-corrected chi connectivity index (χ1v) is 11.4. The van der Waals surface area contributed by atoms with Crippen molar-refractivity contribution >= 4 is 46.2 Å². The highest BCUT2D eigenvalue weighted by Gasteiger charge is 2.19. The second-order valence-corrected chi connectivity index (χ2v) is 9.01. The average Bonchev–Trinajstić information content (AvgIpc) is 3.19. The smallest absolute Gasteiger partial charge is 0.173 e. The molecule has 4 rings (SSSR count). The van der Waals surface area contributed by atoms with Gasteiger partial charge < -0.3 is 10.2 Å². The molecule has 5 nitrogen and oxygen atoms in total. The highest BCUT2D eigenvalue weighted by molar-refractivity contribution is 7.80. The van der Waals surface area contributed by atoms with Crippen molar-refractivity contribution in [3.63, 3.8) is 0 Å². The summed E-state index contributed by atoms with van der Waals surface area (Å²) in [6.07, 6.45) is 3.72. The van der Waals surface area contributed by atoms with Crippen molar-refractivity contribution in [1.29, 1.82) is 0 Å². The van der Waals surface area contributed by atoms with Crippen LogP contribution in [0.5, 0.6) is 0 Å².